The first-order valence-corrected chi connectivity index (χ1v) is 5.31. The summed E-state index contributed by atoms with van der Waals surface area (Å²) in [4.78, 5) is 0. The Labute approximate surface area is 96.0 Å². The molecule has 0 aromatic carbocycles. The van der Waals surface area contributed by atoms with Crippen molar-refractivity contribution in [3.63, 3.8) is 0 Å². The summed E-state index contributed by atoms with van der Waals surface area (Å²) in [6, 6.07) is 3.55. The third kappa shape index (κ3) is 5.04. The highest BCUT2D eigenvalue weighted by Crippen LogP contribution is 2.07. The summed E-state index contributed by atoms with van der Waals surface area (Å²) in [5.74, 6) is 0.495. The van der Waals surface area contributed by atoms with Gasteiger partial charge in [0.1, 0.15) is 6.61 Å². The molecular weight excluding hydrogens is 206 g/mol. The first kappa shape index (κ1) is 12.9. The molecule has 0 bridgehead atoms. The molecule has 0 aliphatic rings. The quantitative estimate of drug-likeness (QED) is 0.761. The number of rotatable bonds is 5. The van der Waals surface area contributed by atoms with E-state index >= 15 is 0 Å². The van der Waals surface area contributed by atoms with Crippen molar-refractivity contribution < 1.29 is 9.47 Å². The second-order valence-corrected chi connectivity index (χ2v) is 4.38. The molecule has 1 rings (SSSR count). The maximum Gasteiger partial charge on any atom is 0.233 e. The molecular formula is C11H19N3O2. The van der Waals surface area contributed by atoms with Gasteiger partial charge in [-0.3, -0.25) is 0 Å². The van der Waals surface area contributed by atoms with Gasteiger partial charge in [-0.25, -0.2) is 0 Å². The van der Waals surface area contributed by atoms with E-state index in [9.17, 15) is 0 Å². The van der Waals surface area contributed by atoms with Gasteiger partial charge in [-0.1, -0.05) is 0 Å². The van der Waals surface area contributed by atoms with E-state index in [2.05, 4.69) is 10.2 Å². The number of nitrogens with two attached hydrogens (primary N) is 1. The van der Waals surface area contributed by atoms with Crippen LogP contribution in [-0.4, -0.2) is 29.0 Å². The summed E-state index contributed by atoms with van der Waals surface area (Å²) in [5, 5.41) is 7.76. The van der Waals surface area contributed by atoms with Gasteiger partial charge in [0.15, 0.2) is 0 Å². The van der Waals surface area contributed by atoms with E-state index in [-0.39, 0.29) is 5.60 Å². The summed E-state index contributed by atoms with van der Waals surface area (Å²) in [5.41, 5.74) is 6.01. The van der Waals surface area contributed by atoms with Crippen LogP contribution in [0.2, 0.25) is 0 Å². The number of ether oxygens (including phenoxy) is 2. The summed E-state index contributed by atoms with van der Waals surface area (Å²) in [6.45, 7) is 7.40. The standard InChI is InChI=1S/C11H19N3O2/c1-11(2,3)16-7-6-15-10-5-4-9(8-12)13-14-10/h4-5H,6-8,12H2,1-3H3. The van der Waals surface area contributed by atoms with Crippen LogP contribution in [0.15, 0.2) is 12.1 Å². The topological polar surface area (TPSA) is 70.3 Å². The maximum atomic E-state index is 5.50. The van der Waals surface area contributed by atoms with Gasteiger partial charge in [-0.2, -0.15) is 5.10 Å². The molecule has 5 nitrogen and oxygen atoms in total. The van der Waals surface area contributed by atoms with Gasteiger partial charge in [0.25, 0.3) is 0 Å². The van der Waals surface area contributed by atoms with E-state index in [1.165, 1.54) is 0 Å². The Morgan fingerprint density at radius 3 is 2.44 bits per heavy atom. The van der Waals surface area contributed by atoms with Crippen molar-refractivity contribution in [1.82, 2.24) is 10.2 Å². The minimum Gasteiger partial charge on any atom is -0.474 e. The SMILES string of the molecule is CC(C)(C)OCCOc1ccc(CN)nn1. The summed E-state index contributed by atoms with van der Waals surface area (Å²) in [6.07, 6.45) is 0. The van der Waals surface area contributed by atoms with Crippen molar-refractivity contribution in [1.29, 1.82) is 0 Å². The van der Waals surface area contributed by atoms with Crippen molar-refractivity contribution in [3.8, 4) is 5.88 Å². The molecule has 2 N–H and O–H groups in total. The lowest BCUT2D eigenvalue weighted by Gasteiger charge is -2.19. The monoisotopic (exact) mass is 225 g/mol. The Hall–Kier alpha value is -1.20. The predicted octanol–water partition coefficient (Wildman–Crippen LogP) is 1.13. The molecule has 0 aliphatic carbocycles. The first-order valence-electron chi connectivity index (χ1n) is 5.31. The Morgan fingerprint density at radius 1 is 1.19 bits per heavy atom. The summed E-state index contributed by atoms with van der Waals surface area (Å²) >= 11 is 0. The maximum absolute atomic E-state index is 5.50. The normalized spacial score (nSPS) is 11.5. The Balaban J connectivity index is 2.27. The van der Waals surface area contributed by atoms with Gasteiger partial charge in [0, 0.05) is 12.6 Å². The fourth-order valence-electron chi connectivity index (χ4n) is 1.03. The second-order valence-electron chi connectivity index (χ2n) is 4.38. The zero-order chi connectivity index (χ0) is 12.0. The van der Waals surface area contributed by atoms with Crippen LogP contribution < -0.4 is 10.5 Å². The van der Waals surface area contributed by atoms with Crippen LogP contribution in [0, 0.1) is 0 Å². The molecule has 0 saturated heterocycles. The zero-order valence-corrected chi connectivity index (χ0v) is 10.1. The molecule has 5 heteroatoms. The molecule has 0 radical (unpaired) electrons. The van der Waals surface area contributed by atoms with Gasteiger partial charge >= 0.3 is 0 Å². The van der Waals surface area contributed by atoms with Gasteiger partial charge in [-0.15, -0.1) is 5.10 Å². The Morgan fingerprint density at radius 2 is 1.94 bits per heavy atom. The molecule has 0 fully saturated rings. The van der Waals surface area contributed by atoms with Crippen LogP contribution in [0.3, 0.4) is 0 Å². The van der Waals surface area contributed by atoms with Crippen LogP contribution in [0.1, 0.15) is 26.5 Å². The number of hydrogen-bond acceptors (Lipinski definition) is 5. The Kier molecular flexibility index (Phi) is 4.64. The Bertz CT molecular complexity index is 306. The van der Waals surface area contributed by atoms with Crippen molar-refractivity contribution in [3.05, 3.63) is 17.8 Å². The van der Waals surface area contributed by atoms with E-state index in [4.69, 9.17) is 15.2 Å². The average molecular weight is 225 g/mol. The highest BCUT2D eigenvalue weighted by Gasteiger charge is 2.09. The van der Waals surface area contributed by atoms with Crippen LogP contribution in [0.4, 0.5) is 0 Å². The summed E-state index contributed by atoms with van der Waals surface area (Å²) in [7, 11) is 0. The lowest BCUT2D eigenvalue weighted by atomic mass is 10.2. The van der Waals surface area contributed by atoms with E-state index < -0.39 is 0 Å². The van der Waals surface area contributed by atoms with E-state index in [0.717, 1.165) is 5.69 Å². The van der Waals surface area contributed by atoms with Gasteiger partial charge in [0.2, 0.25) is 5.88 Å². The van der Waals surface area contributed by atoms with Crippen molar-refractivity contribution in [2.45, 2.75) is 32.9 Å². The highest BCUT2D eigenvalue weighted by atomic mass is 16.5. The molecule has 0 atom stereocenters. The van der Waals surface area contributed by atoms with Crippen molar-refractivity contribution in [2.75, 3.05) is 13.2 Å². The van der Waals surface area contributed by atoms with E-state index in [1.54, 1.807) is 12.1 Å². The predicted molar refractivity (Wildman–Crippen MR) is 61.1 cm³/mol. The molecule has 0 unspecified atom stereocenters. The molecule has 1 heterocycles. The van der Waals surface area contributed by atoms with E-state index in [1.807, 2.05) is 20.8 Å². The highest BCUT2D eigenvalue weighted by molar-refractivity contribution is 5.11. The minimum atomic E-state index is -0.140. The average Bonchev–Trinajstić information content (AvgIpc) is 2.24. The van der Waals surface area contributed by atoms with Crippen molar-refractivity contribution >= 4 is 0 Å². The first-order chi connectivity index (χ1) is 7.51. The molecule has 0 saturated carbocycles. The molecule has 1 aromatic heterocycles. The second kappa shape index (κ2) is 5.77. The third-order valence-corrected chi connectivity index (χ3v) is 1.77. The van der Waals surface area contributed by atoms with Gasteiger partial charge in [-0.05, 0) is 26.8 Å². The largest absolute Gasteiger partial charge is 0.474 e. The van der Waals surface area contributed by atoms with Gasteiger partial charge in [0.05, 0.1) is 17.9 Å². The fraction of sp³-hybridized carbons (Fsp3) is 0.636. The zero-order valence-electron chi connectivity index (χ0n) is 10.1. The molecule has 0 spiro atoms. The van der Waals surface area contributed by atoms with E-state index in [0.29, 0.717) is 25.6 Å². The fourth-order valence-corrected chi connectivity index (χ4v) is 1.03. The van der Waals surface area contributed by atoms with Crippen molar-refractivity contribution in [2.24, 2.45) is 5.73 Å². The number of aromatic nitrogens is 2. The molecule has 0 aliphatic heterocycles. The lowest BCUT2D eigenvalue weighted by molar-refractivity contribution is -0.0169. The van der Waals surface area contributed by atoms with Crippen LogP contribution >= 0.6 is 0 Å². The molecule has 16 heavy (non-hydrogen) atoms. The molecule has 90 valence electrons. The van der Waals surface area contributed by atoms with Crippen LogP contribution in [0.5, 0.6) is 5.88 Å². The molecule has 0 amide bonds. The van der Waals surface area contributed by atoms with Gasteiger partial charge < -0.3 is 15.2 Å². The number of hydrogen-bond donors (Lipinski definition) is 1. The molecule has 1 aromatic rings. The minimum absolute atomic E-state index is 0.140. The lowest BCUT2D eigenvalue weighted by Crippen LogP contribution is -2.22. The summed E-state index contributed by atoms with van der Waals surface area (Å²) < 4.78 is 10.9. The third-order valence-electron chi connectivity index (χ3n) is 1.77. The van der Waals surface area contributed by atoms with Crippen LogP contribution in [-0.2, 0) is 11.3 Å². The van der Waals surface area contributed by atoms with Crippen LogP contribution in [0.25, 0.3) is 0 Å². The smallest absolute Gasteiger partial charge is 0.233 e. The number of nitrogens with zero attached hydrogens (tertiary/aromatic N) is 2.